The molecule has 0 bridgehead atoms. The van der Waals surface area contributed by atoms with Crippen LogP contribution in [-0.4, -0.2) is 33.8 Å². The third-order valence-corrected chi connectivity index (χ3v) is 4.13. The van der Waals surface area contributed by atoms with Crippen molar-refractivity contribution in [3.8, 4) is 0 Å². The van der Waals surface area contributed by atoms with Gasteiger partial charge in [0.2, 0.25) is 5.91 Å². The van der Waals surface area contributed by atoms with Gasteiger partial charge in [0.15, 0.2) is 5.82 Å². The Kier molecular flexibility index (Phi) is 5.52. The number of carbonyl (C=O) groups is 1. The van der Waals surface area contributed by atoms with Gasteiger partial charge in [-0.1, -0.05) is 6.92 Å². The van der Waals surface area contributed by atoms with Crippen molar-refractivity contribution in [1.29, 1.82) is 0 Å². The molecule has 1 aliphatic heterocycles. The zero-order valence-electron chi connectivity index (χ0n) is 12.4. The Morgan fingerprint density at radius 1 is 1.65 bits per heavy atom. The summed E-state index contributed by atoms with van der Waals surface area (Å²) in [6, 6.07) is 0. The van der Waals surface area contributed by atoms with Crippen LogP contribution in [0, 0.1) is 11.8 Å². The fourth-order valence-corrected chi connectivity index (χ4v) is 2.75. The highest BCUT2D eigenvalue weighted by atomic mass is 16.1. The Bertz CT molecular complexity index is 425. The molecular weight excluding hydrogens is 254 g/mol. The predicted octanol–water partition coefficient (Wildman–Crippen LogP) is 0.940. The van der Waals surface area contributed by atoms with Gasteiger partial charge in [0, 0.05) is 13.0 Å². The van der Waals surface area contributed by atoms with Gasteiger partial charge in [-0.2, -0.15) is 0 Å². The van der Waals surface area contributed by atoms with Gasteiger partial charge in [-0.3, -0.25) is 4.79 Å². The minimum absolute atomic E-state index is 0.105. The van der Waals surface area contributed by atoms with Crippen LogP contribution in [-0.2, 0) is 17.9 Å². The maximum Gasteiger partial charge on any atom is 0.220 e. The number of carbonyl (C=O) groups excluding carboxylic acids is 1. The summed E-state index contributed by atoms with van der Waals surface area (Å²) in [5.74, 6) is 1.96. The van der Waals surface area contributed by atoms with E-state index in [2.05, 4.69) is 27.8 Å². The van der Waals surface area contributed by atoms with Crippen molar-refractivity contribution in [2.24, 2.45) is 11.8 Å². The number of aromatic nitrogens is 3. The summed E-state index contributed by atoms with van der Waals surface area (Å²) in [6.45, 7) is 7.64. The first-order valence-corrected chi connectivity index (χ1v) is 7.54. The molecule has 1 aromatic heterocycles. The first-order valence-electron chi connectivity index (χ1n) is 7.54. The van der Waals surface area contributed by atoms with Crippen molar-refractivity contribution in [1.82, 2.24) is 25.4 Å². The minimum atomic E-state index is 0.105. The fraction of sp³-hybridized carbons (Fsp3) is 0.786. The zero-order valence-corrected chi connectivity index (χ0v) is 12.4. The van der Waals surface area contributed by atoms with Gasteiger partial charge in [0.1, 0.15) is 6.33 Å². The number of nitrogens with zero attached hydrogens (tertiary/aromatic N) is 3. The van der Waals surface area contributed by atoms with Gasteiger partial charge in [0.05, 0.1) is 6.54 Å². The topological polar surface area (TPSA) is 71.8 Å². The highest BCUT2D eigenvalue weighted by Crippen LogP contribution is 2.22. The molecule has 1 saturated heterocycles. The van der Waals surface area contributed by atoms with Crippen LogP contribution in [0.5, 0.6) is 0 Å². The quantitative estimate of drug-likeness (QED) is 0.813. The molecule has 0 saturated carbocycles. The summed E-state index contributed by atoms with van der Waals surface area (Å²) in [6.07, 6.45) is 4.73. The number of hydrogen-bond donors (Lipinski definition) is 2. The van der Waals surface area contributed by atoms with Crippen molar-refractivity contribution in [2.45, 2.75) is 46.2 Å². The normalized spacial score (nSPS) is 20.6. The summed E-state index contributed by atoms with van der Waals surface area (Å²) in [5.41, 5.74) is 0. The molecule has 2 heterocycles. The molecule has 6 nitrogen and oxygen atoms in total. The lowest BCUT2D eigenvalue weighted by Crippen LogP contribution is -2.35. The molecular formula is C14H25N5O. The highest BCUT2D eigenvalue weighted by molar-refractivity contribution is 5.76. The lowest BCUT2D eigenvalue weighted by atomic mass is 9.85. The van der Waals surface area contributed by atoms with Gasteiger partial charge >= 0.3 is 0 Å². The van der Waals surface area contributed by atoms with Gasteiger partial charge in [-0.25, -0.2) is 0 Å². The average Bonchev–Trinajstić information content (AvgIpc) is 2.93. The molecule has 2 atom stereocenters. The van der Waals surface area contributed by atoms with Crippen LogP contribution < -0.4 is 10.6 Å². The van der Waals surface area contributed by atoms with E-state index in [0.717, 1.165) is 25.5 Å². The number of hydrogen-bond acceptors (Lipinski definition) is 4. The van der Waals surface area contributed by atoms with Crippen LogP contribution in [0.4, 0.5) is 0 Å². The Balaban J connectivity index is 1.74. The third kappa shape index (κ3) is 4.03. The smallest absolute Gasteiger partial charge is 0.220 e. The summed E-state index contributed by atoms with van der Waals surface area (Å²) >= 11 is 0. The fourth-order valence-electron chi connectivity index (χ4n) is 2.75. The highest BCUT2D eigenvalue weighted by Gasteiger charge is 2.22. The van der Waals surface area contributed by atoms with E-state index in [1.54, 1.807) is 6.33 Å². The lowest BCUT2D eigenvalue weighted by molar-refractivity contribution is -0.122. The first-order chi connectivity index (χ1) is 9.70. The standard InChI is InChI=1S/C14H25N5O/c1-3-19-10-17-18-13(19)9-16-14(20)7-11(2)12-5-4-6-15-8-12/h10-12,15H,3-9H2,1-2H3,(H,16,20). The molecule has 1 aromatic rings. The number of piperidine rings is 1. The summed E-state index contributed by atoms with van der Waals surface area (Å²) in [7, 11) is 0. The molecule has 6 heteroatoms. The van der Waals surface area contributed by atoms with Crippen LogP contribution in [0.2, 0.25) is 0 Å². The van der Waals surface area contributed by atoms with Crippen LogP contribution in [0.25, 0.3) is 0 Å². The van der Waals surface area contributed by atoms with Crippen molar-refractivity contribution in [3.05, 3.63) is 12.2 Å². The van der Waals surface area contributed by atoms with Crippen LogP contribution in [0.15, 0.2) is 6.33 Å². The van der Waals surface area contributed by atoms with E-state index in [1.807, 2.05) is 11.5 Å². The first kappa shape index (κ1) is 15.0. The third-order valence-electron chi connectivity index (χ3n) is 4.13. The largest absolute Gasteiger partial charge is 0.349 e. The Hall–Kier alpha value is -1.43. The van der Waals surface area contributed by atoms with Gasteiger partial charge < -0.3 is 15.2 Å². The molecule has 20 heavy (non-hydrogen) atoms. The van der Waals surface area contributed by atoms with E-state index in [1.165, 1.54) is 12.8 Å². The van der Waals surface area contributed by atoms with E-state index in [9.17, 15) is 4.79 Å². The number of nitrogens with one attached hydrogen (secondary N) is 2. The van der Waals surface area contributed by atoms with Crippen LogP contribution in [0.1, 0.15) is 38.9 Å². The molecule has 1 amide bonds. The molecule has 2 N–H and O–H groups in total. The van der Waals surface area contributed by atoms with E-state index < -0.39 is 0 Å². The molecule has 112 valence electrons. The second-order valence-corrected chi connectivity index (χ2v) is 5.60. The lowest BCUT2D eigenvalue weighted by Gasteiger charge is -2.28. The molecule has 1 fully saturated rings. The molecule has 2 unspecified atom stereocenters. The van der Waals surface area contributed by atoms with Gasteiger partial charge in [0.25, 0.3) is 0 Å². The molecule has 0 spiro atoms. The van der Waals surface area contributed by atoms with Crippen molar-refractivity contribution >= 4 is 5.91 Å². The minimum Gasteiger partial charge on any atom is -0.349 e. The van der Waals surface area contributed by atoms with E-state index in [0.29, 0.717) is 24.8 Å². The molecule has 0 radical (unpaired) electrons. The van der Waals surface area contributed by atoms with E-state index >= 15 is 0 Å². The number of aryl methyl sites for hydroxylation is 1. The van der Waals surface area contributed by atoms with Gasteiger partial charge in [-0.05, 0) is 44.7 Å². The monoisotopic (exact) mass is 279 g/mol. The molecule has 0 aromatic carbocycles. The SMILES string of the molecule is CCn1cnnc1CNC(=O)CC(C)C1CCCNC1. The van der Waals surface area contributed by atoms with E-state index in [-0.39, 0.29) is 5.91 Å². The Morgan fingerprint density at radius 2 is 2.50 bits per heavy atom. The second kappa shape index (κ2) is 7.38. The predicted molar refractivity (Wildman–Crippen MR) is 76.9 cm³/mol. The maximum atomic E-state index is 12.0. The van der Waals surface area contributed by atoms with Crippen molar-refractivity contribution in [2.75, 3.05) is 13.1 Å². The summed E-state index contributed by atoms with van der Waals surface area (Å²) < 4.78 is 1.94. The van der Waals surface area contributed by atoms with Crippen LogP contribution in [0.3, 0.4) is 0 Å². The average molecular weight is 279 g/mol. The van der Waals surface area contributed by atoms with Crippen LogP contribution >= 0.6 is 0 Å². The van der Waals surface area contributed by atoms with Gasteiger partial charge in [-0.15, -0.1) is 10.2 Å². The zero-order chi connectivity index (χ0) is 14.4. The summed E-state index contributed by atoms with van der Waals surface area (Å²) in [5, 5.41) is 14.2. The number of amides is 1. The Morgan fingerprint density at radius 3 is 3.20 bits per heavy atom. The Labute approximate surface area is 120 Å². The molecule has 2 rings (SSSR count). The molecule has 1 aliphatic rings. The number of rotatable bonds is 6. The summed E-state index contributed by atoms with van der Waals surface area (Å²) in [4.78, 5) is 12.0. The van der Waals surface area contributed by atoms with Crippen molar-refractivity contribution < 1.29 is 4.79 Å². The maximum absolute atomic E-state index is 12.0. The van der Waals surface area contributed by atoms with Crippen molar-refractivity contribution in [3.63, 3.8) is 0 Å². The second-order valence-electron chi connectivity index (χ2n) is 5.60. The molecule has 0 aliphatic carbocycles. The van der Waals surface area contributed by atoms with E-state index in [4.69, 9.17) is 0 Å².